The van der Waals surface area contributed by atoms with Crippen LogP contribution in [-0.2, 0) is 22.6 Å². The Labute approximate surface area is 114 Å². The zero-order chi connectivity index (χ0) is 13.9. The van der Waals surface area contributed by atoms with Crippen LogP contribution in [0.1, 0.15) is 18.1 Å². The summed E-state index contributed by atoms with van der Waals surface area (Å²) in [5, 5.41) is 5.48. The minimum absolute atomic E-state index is 0.185. The largest absolute Gasteiger partial charge is 0.383 e. The number of benzene rings is 1. The number of hydrogen-bond donors (Lipinski definition) is 2. The van der Waals surface area contributed by atoms with E-state index in [1.54, 1.807) is 7.11 Å². The average molecular weight is 266 g/mol. The van der Waals surface area contributed by atoms with Crippen LogP contribution < -0.4 is 10.6 Å². The van der Waals surface area contributed by atoms with E-state index >= 15 is 0 Å². The second-order valence-corrected chi connectivity index (χ2v) is 4.06. The SMILES string of the molecule is CCOCc1ccc(CNC(=O)NCCOC)cc1. The lowest BCUT2D eigenvalue weighted by atomic mass is 10.1. The number of rotatable bonds is 8. The summed E-state index contributed by atoms with van der Waals surface area (Å²) in [6.07, 6.45) is 0. The molecule has 2 N–H and O–H groups in total. The minimum Gasteiger partial charge on any atom is -0.383 e. The standard InChI is InChI=1S/C14H22N2O3/c1-3-19-11-13-6-4-12(5-7-13)10-16-14(17)15-8-9-18-2/h4-7H,3,8-11H2,1-2H3,(H2,15,16,17). The summed E-state index contributed by atoms with van der Waals surface area (Å²) in [5.41, 5.74) is 2.19. The van der Waals surface area contributed by atoms with Gasteiger partial charge in [-0.25, -0.2) is 4.79 Å². The molecule has 0 heterocycles. The van der Waals surface area contributed by atoms with Crippen molar-refractivity contribution in [3.63, 3.8) is 0 Å². The van der Waals surface area contributed by atoms with Gasteiger partial charge in [0.2, 0.25) is 0 Å². The maximum absolute atomic E-state index is 11.4. The molecule has 106 valence electrons. The predicted octanol–water partition coefficient (Wildman–Crippen LogP) is 1.67. The van der Waals surface area contributed by atoms with Crippen LogP contribution in [-0.4, -0.2) is 32.9 Å². The van der Waals surface area contributed by atoms with Gasteiger partial charge in [0.15, 0.2) is 0 Å². The van der Waals surface area contributed by atoms with E-state index in [1.165, 1.54) is 0 Å². The molecule has 19 heavy (non-hydrogen) atoms. The van der Waals surface area contributed by atoms with Gasteiger partial charge in [-0.3, -0.25) is 0 Å². The molecule has 1 aromatic carbocycles. The summed E-state index contributed by atoms with van der Waals surface area (Å²) in [4.78, 5) is 11.4. The molecule has 0 bridgehead atoms. The maximum atomic E-state index is 11.4. The number of hydrogen-bond acceptors (Lipinski definition) is 3. The smallest absolute Gasteiger partial charge is 0.315 e. The molecule has 0 spiro atoms. The molecule has 0 saturated carbocycles. The number of nitrogens with one attached hydrogen (secondary N) is 2. The molecule has 0 fully saturated rings. The van der Waals surface area contributed by atoms with Gasteiger partial charge in [0.1, 0.15) is 0 Å². The molecule has 0 aliphatic heterocycles. The first kappa shape index (κ1) is 15.5. The summed E-state index contributed by atoms with van der Waals surface area (Å²) in [6, 6.07) is 7.81. The molecule has 0 radical (unpaired) electrons. The van der Waals surface area contributed by atoms with Crippen molar-refractivity contribution < 1.29 is 14.3 Å². The predicted molar refractivity (Wildman–Crippen MR) is 73.9 cm³/mol. The van der Waals surface area contributed by atoms with Crippen molar-refractivity contribution in [3.8, 4) is 0 Å². The van der Waals surface area contributed by atoms with Gasteiger partial charge in [0, 0.05) is 26.8 Å². The molecule has 1 aromatic rings. The Bertz CT molecular complexity index is 365. The quantitative estimate of drug-likeness (QED) is 0.704. The zero-order valence-electron chi connectivity index (χ0n) is 11.6. The minimum atomic E-state index is -0.185. The number of carbonyl (C=O) groups excluding carboxylic acids is 1. The van der Waals surface area contributed by atoms with Crippen molar-refractivity contribution >= 4 is 6.03 Å². The van der Waals surface area contributed by atoms with Gasteiger partial charge in [-0.05, 0) is 18.1 Å². The van der Waals surface area contributed by atoms with Crippen LogP contribution in [0.4, 0.5) is 4.79 Å². The molecule has 5 nitrogen and oxygen atoms in total. The molecule has 0 saturated heterocycles. The van der Waals surface area contributed by atoms with Crippen molar-refractivity contribution in [2.75, 3.05) is 26.9 Å². The second-order valence-electron chi connectivity index (χ2n) is 4.06. The van der Waals surface area contributed by atoms with Crippen LogP contribution in [0.15, 0.2) is 24.3 Å². The van der Waals surface area contributed by atoms with Gasteiger partial charge in [-0.1, -0.05) is 24.3 Å². The lowest BCUT2D eigenvalue weighted by molar-refractivity contribution is 0.134. The number of ether oxygens (including phenoxy) is 2. The third-order valence-corrected chi connectivity index (χ3v) is 2.54. The summed E-state index contributed by atoms with van der Waals surface area (Å²) in [6.45, 7) is 4.84. The Morgan fingerprint density at radius 1 is 1.16 bits per heavy atom. The summed E-state index contributed by atoms with van der Waals surface area (Å²) < 4.78 is 10.2. The van der Waals surface area contributed by atoms with Crippen molar-refractivity contribution in [2.45, 2.75) is 20.1 Å². The number of urea groups is 1. The fourth-order valence-corrected chi connectivity index (χ4v) is 1.48. The first-order valence-corrected chi connectivity index (χ1v) is 6.42. The maximum Gasteiger partial charge on any atom is 0.315 e. The molecule has 0 aliphatic carbocycles. The number of methoxy groups -OCH3 is 1. The van der Waals surface area contributed by atoms with Gasteiger partial charge in [0.25, 0.3) is 0 Å². The van der Waals surface area contributed by atoms with E-state index in [-0.39, 0.29) is 6.03 Å². The Balaban J connectivity index is 2.27. The second kappa shape index (κ2) is 9.35. The van der Waals surface area contributed by atoms with Crippen LogP contribution in [0, 0.1) is 0 Å². The molecule has 0 aromatic heterocycles. The lowest BCUT2D eigenvalue weighted by Gasteiger charge is -2.08. The Kier molecular flexibility index (Phi) is 7.62. The highest BCUT2D eigenvalue weighted by atomic mass is 16.5. The summed E-state index contributed by atoms with van der Waals surface area (Å²) in [7, 11) is 1.60. The molecular weight excluding hydrogens is 244 g/mol. The average Bonchev–Trinajstić information content (AvgIpc) is 2.44. The third-order valence-electron chi connectivity index (χ3n) is 2.54. The van der Waals surface area contributed by atoms with Gasteiger partial charge in [-0.2, -0.15) is 0 Å². The van der Waals surface area contributed by atoms with Gasteiger partial charge in [-0.15, -0.1) is 0 Å². The number of amides is 2. The fraction of sp³-hybridized carbons (Fsp3) is 0.500. The molecule has 5 heteroatoms. The van der Waals surface area contributed by atoms with Crippen LogP contribution >= 0.6 is 0 Å². The normalized spacial score (nSPS) is 10.2. The van der Waals surface area contributed by atoms with Gasteiger partial charge in [0.05, 0.1) is 13.2 Å². The van der Waals surface area contributed by atoms with Crippen LogP contribution in [0.3, 0.4) is 0 Å². The highest BCUT2D eigenvalue weighted by Crippen LogP contribution is 2.05. The van der Waals surface area contributed by atoms with Crippen molar-refractivity contribution in [3.05, 3.63) is 35.4 Å². The van der Waals surface area contributed by atoms with E-state index < -0.39 is 0 Å². The molecule has 0 atom stereocenters. The van der Waals surface area contributed by atoms with E-state index in [0.29, 0.717) is 32.9 Å². The summed E-state index contributed by atoms with van der Waals surface area (Å²) >= 11 is 0. The molecule has 0 aliphatic rings. The highest BCUT2D eigenvalue weighted by Gasteiger charge is 2.00. The van der Waals surface area contributed by atoms with Crippen molar-refractivity contribution in [1.82, 2.24) is 10.6 Å². The zero-order valence-corrected chi connectivity index (χ0v) is 11.6. The van der Waals surface area contributed by atoms with Crippen molar-refractivity contribution in [2.24, 2.45) is 0 Å². The van der Waals surface area contributed by atoms with Crippen LogP contribution in [0.25, 0.3) is 0 Å². The first-order chi connectivity index (χ1) is 9.26. The van der Waals surface area contributed by atoms with Crippen molar-refractivity contribution in [1.29, 1.82) is 0 Å². The topological polar surface area (TPSA) is 59.6 Å². The van der Waals surface area contributed by atoms with Gasteiger partial charge >= 0.3 is 6.03 Å². The Morgan fingerprint density at radius 2 is 1.84 bits per heavy atom. The Morgan fingerprint density at radius 3 is 2.47 bits per heavy atom. The van der Waals surface area contributed by atoms with Gasteiger partial charge < -0.3 is 20.1 Å². The number of carbonyl (C=O) groups is 1. The van der Waals surface area contributed by atoms with Crippen LogP contribution in [0.5, 0.6) is 0 Å². The highest BCUT2D eigenvalue weighted by molar-refractivity contribution is 5.73. The Hall–Kier alpha value is -1.59. The lowest BCUT2D eigenvalue weighted by Crippen LogP contribution is -2.36. The van der Waals surface area contributed by atoms with E-state index in [2.05, 4.69) is 10.6 Å². The molecular formula is C14H22N2O3. The fourth-order valence-electron chi connectivity index (χ4n) is 1.48. The first-order valence-electron chi connectivity index (χ1n) is 6.42. The van der Waals surface area contributed by atoms with E-state index in [1.807, 2.05) is 31.2 Å². The monoisotopic (exact) mass is 266 g/mol. The molecule has 2 amide bonds. The third kappa shape index (κ3) is 6.79. The van der Waals surface area contributed by atoms with E-state index in [9.17, 15) is 4.79 Å². The molecule has 1 rings (SSSR count). The van der Waals surface area contributed by atoms with E-state index in [0.717, 1.165) is 11.1 Å². The van der Waals surface area contributed by atoms with E-state index in [4.69, 9.17) is 9.47 Å². The van der Waals surface area contributed by atoms with Crippen LogP contribution in [0.2, 0.25) is 0 Å². The summed E-state index contributed by atoms with van der Waals surface area (Å²) in [5.74, 6) is 0. The molecule has 0 unspecified atom stereocenters.